The average Bonchev–Trinajstić information content (AvgIpc) is 2.88. The highest BCUT2D eigenvalue weighted by molar-refractivity contribution is 6.30. The summed E-state index contributed by atoms with van der Waals surface area (Å²) in [5.74, 6) is 0.301. The smallest absolute Gasteiger partial charge is 0.156 e. The fourth-order valence-corrected chi connectivity index (χ4v) is 2.41. The molecule has 1 atom stereocenters. The van der Waals surface area contributed by atoms with Gasteiger partial charge < -0.3 is 0 Å². The van der Waals surface area contributed by atoms with E-state index in [4.69, 9.17) is 16.4 Å². The minimum absolute atomic E-state index is 0.0944. The van der Waals surface area contributed by atoms with Crippen molar-refractivity contribution in [1.82, 2.24) is 9.97 Å². The van der Waals surface area contributed by atoms with Crippen molar-refractivity contribution in [1.29, 1.82) is 0 Å². The summed E-state index contributed by atoms with van der Waals surface area (Å²) >= 11 is 5.90. The molecule has 3 rings (SSSR count). The van der Waals surface area contributed by atoms with E-state index in [-0.39, 0.29) is 11.9 Å². The number of halogens is 2. The van der Waals surface area contributed by atoms with Gasteiger partial charge in [0.15, 0.2) is 5.82 Å². The van der Waals surface area contributed by atoms with Gasteiger partial charge in [-0.1, -0.05) is 11.6 Å². The van der Waals surface area contributed by atoms with E-state index in [1.165, 1.54) is 18.5 Å². The third-order valence-corrected chi connectivity index (χ3v) is 3.18. The number of benzene rings is 1. The van der Waals surface area contributed by atoms with E-state index >= 15 is 0 Å². The quantitative estimate of drug-likeness (QED) is 0.846. The molecule has 0 N–H and O–H groups in total. The van der Waals surface area contributed by atoms with E-state index in [2.05, 4.69) is 9.97 Å². The van der Waals surface area contributed by atoms with Crippen molar-refractivity contribution in [2.24, 2.45) is 0 Å². The summed E-state index contributed by atoms with van der Waals surface area (Å²) in [6, 6.07) is 6.16. The van der Waals surface area contributed by atoms with Crippen molar-refractivity contribution in [2.75, 3.05) is 11.7 Å². The second kappa shape index (κ2) is 5.11. The fourth-order valence-electron chi connectivity index (χ4n) is 2.18. The van der Waals surface area contributed by atoms with Crippen LogP contribution in [0.1, 0.15) is 18.0 Å². The molecule has 0 unspecified atom stereocenters. The van der Waals surface area contributed by atoms with Crippen LogP contribution in [0, 0.1) is 5.82 Å². The topological polar surface area (TPSA) is 38.2 Å². The summed E-state index contributed by atoms with van der Waals surface area (Å²) in [6.07, 6.45) is 3.84. The van der Waals surface area contributed by atoms with Gasteiger partial charge in [-0.2, -0.15) is 0 Å². The predicted octanol–water partition coefficient (Wildman–Crippen LogP) is 3.15. The highest BCUT2D eigenvalue weighted by atomic mass is 35.5. The zero-order chi connectivity index (χ0) is 13.2. The van der Waals surface area contributed by atoms with Crippen LogP contribution in [-0.2, 0) is 4.84 Å². The first-order chi connectivity index (χ1) is 9.24. The van der Waals surface area contributed by atoms with Crippen LogP contribution >= 0.6 is 11.6 Å². The lowest BCUT2D eigenvalue weighted by Crippen LogP contribution is -2.22. The van der Waals surface area contributed by atoms with Crippen LogP contribution in [0.25, 0.3) is 0 Å². The van der Waals surface area contributed by atoms with Crippen LogP contribution < -0.4 is 5.06 Å². The maximum atomic E-state index is 13.4. The molecule has 2 heterocycles. The highest BCUT2D eigenvalue weighted by Crippen LogP contribution is 2.34. The Labute approximate surface area is 114 Å². The molecule has 6 heteroatoms. The molecule has 0 amide bonds. The van der Waals surface area contributed by atoms with E-state index in [1.807, 2.05) is 0 Å². The molecular weight excluding hydrogens is 269 g/mol. The third-order valence-electron chi connectivity index (χ3n) is 2.97. The summed E-state index contributed by atoms with van der Waals surface area (Å²) in [4.78, 5) is 13.6. The molecule has 4 nitrogen and oxygen atoms in total. The molecule has 2 aromatic rings. The third kappa shape index (κ3) is 2.52. The number of hydroxylamine groups is 1. The number of aromatic nitrogens is 2. The molecule has 0 saturated carbocycles. The molecule has 1 aliphatic rings. The molecule has 1 aromatic carbocycles. The largest absolute Gasteiger partial charge is 0.271 e. The molecule has 1 aliphatic heterocycles. The van der Waals surface area contributed by atoms with Crippen LogP contribution in [0.4, 0.5) is 10.2 Å². The van der Waals surface area contributed by atoms with Crippen molar-refractivity contribution in [3.63, 3.8) is 0 Å². The van der Waals surface area contributed by atoms with Gasteiger partial charge in [0.1, 0.15) is 12.1 Å². The fraction of sp³-hybridized carbons (Fsp3) is 0.231. The van der Waals surface area contributed by atoms with Gasteiger partial charge in [0.2, 0.25) is 0 Å². The van der Waals surface area contributed by atoms with E-state index in [0.29, 0.717) is 17.4 Å². The Bertz CT molecular complexity index is 561. The lowest BCUT2D eigenvalue weighted by molar-refractivity contribution is 0.156. The SMILES string of the molecule is Fc1cc(Cl)cc([C@H]2CCON2c2ccncn2)c1. The molecule has 98 valence electrons. The van der Waals surface area contributed by atoms with Crippen molar-refractivity contribution >= 4 is 17.4 Å². The lowest BCUT2D eigenvalue weighted by Gasteiger charge is -2.23. The average molecular weight is 280 g/mol. The second-order valence-electron chi connectivity index (χ2n) is 4.23. The highest BCUT2D eigenvalue weighted by Gasteiger charge is 2.29. The molecule has 1 aromatic heterocycles. The zero-order valence-electron chi connectivity index (χ0n) is 9.96. The van der Waals surface area contributed by atoms with E-state index in [1.54, 1.807) is 23.4 Å². The number of hydrogen-bond acceptors (Lipinski definition) is 4. The number of anilines is 1. The Morgan fingerprint density at radius 3 is 3.00 bits per heavy atom. The van der Waals surface area contributed by atoms with Crippen molar-refractivity contribution < 1.29 is 9.23 Å². The van der Waals surface area contributed by atoms with Gasteiger partial charge in [-0.15, -0.1) is 0 Å². The van der Waals surface area contributed by atoms with Crippen LogP contribution in [0.3, 0.4) is 0 Å². The van der Waals surface area contributed by atoms with Gasteiger partial charge in [-0.3, -0.25) is 4.84 Å². The van der Waals surface area contributed by atoms with Gasteiger partial charge in [0.25, 0.3) is 0 Å². The molecule has 0 aliphatic carbocycles. The Kier molecular flexibility index (Phi) is 3.31. The maximum Gasteiger partial charge on any atom is 0.156 e. The van der Waals surface area contributed by atoms with E-state index in [0.717, 1.165) is 12.0 Å². The molecular formula is C13H11ClFN3O. The van der Waals surface area contributed by atoms with Crippen molar-refractivity contribution in [3.05, 3.63) is 53.2 Å². The number of hydrogen-bond donors (Lipinski definition) is 0. The van der Waals surface area contributed by atoms with Crippen LogP contribution in [-0.4, -0.2) is 16.6 Å². The Balaban J connectivity index is 1.95. The van der Waals surface area contributed by atoms with Crippen LogP contribution in [0.15, 0.2) is 36.8 Å². The Hall–Kier alpha value is -1.72. The van der Waals surface area contributed by atoms with E-state index in [9.17, 15) is 4.39 Å². The molecule has 1 saturated heterocycles. The first kappa shape index (κ1) is 12.3. The summed E-state index contributed by atoms with van der Waals surface area (Å²) in [6.45, 7) is 0.558. The van der Waals surface area contributed by atoms with Crippen LogP contribution in [0.2, 0.25) is 5.02 Å². The second-order valence-corrected chi connectivity index (χ2v) is 4.67. The number of nitrogens with zero attached hydrogens (tertiary/aromatic N) is 3. The Morgan fingerprint density at radius 1 is 1.37 bits per heavy atom. The summed E-state index contributed by atoms with van der Waals surface area (Å²) in [5.41, 5.74) is 0.779. The first-order valence-corrected chi connectivity index (χ1v) is 6.26. The van der Waals surface area contributed by atoms with Gasteiger partial charge in [-0.25, -0.2) is 19.4 Å². The lowest BCUT2D eigenvalue weighted by atomic mass is 10.0. The normalized spacial score (nSPS) is 18.8. The molecule has 1 fully saturated rings. The van der Waals surface area contributed by atoms with Gasteiger partial charge in [0, 0.05) is 23.7 Å². The minimum Gasteiger partial charge on any atom is -0.271 e. The minimum atomic E-state index is -0.350. The van der Waals surface area contributed by atoms with Gasteiger partial charge >= 0.3 is 0 Å². The first-order valence-electron chi connectivity index (χ1n) is 5.88. The standard InChI is InChI=1S/C13H11ClFN3O/c14-10-5-9(6-11(15)7-10)12-2-4-19-18(12)13-1-3-16-8-17-13/h1,3,5-8,12H,2,4H2/t12-/m1/s1. The monoisotopic (exact) mass is 279 g/mol. The van der Waals surface area contributed by atoms with E-state index < -0.39 is 0 Å². The molecule has 19 heavy (non-hydrogen) atoms. The van der Waals surface area contributed by atoms with Crippen molar-refractivity contribution in [3.8, 4) is 0 Å². The summed E-state index contributed by atoms with van der Waals surface area (Å²) in [5, 5.41) is 2.05. The predicted molar refractivity (Wildman–Crippen MR) is 69.2 cm³/mol. The Morgan fingerprint density at radius 2 is 2.26 bits per heavy atom. The van der Waals surface area contributed by atoms with Gasteiger partial charge in [0.05, 0.1) is 12.6 Å². The summed E-state index contributed by atoms with van der Waals surface area (Å²) < 4.78 is 13.4. The molecule has 0 bridgehead atoms. The number of rotatable bonds is 2. The van der Waals surface area contributed by atoms with Crippen molar-refractivity contribution in [2.45, 2.75) is 12.5 Å². The van der Waals surface area contributed by atoms with Gasteiger partial charge in [-0.05, 0) is 23.8 Å². The zero-order valence-corrected chi connectivity index (χ0v) is 10.7. The molecule has 0 spiro atoms. The maximum absolute atomic E-state index is 13.4. The summed E-state index contributed by atoms with van der Waals surface area (Å²) in [7, 11) is 0. The molecule has 0 radical (unpaired) electrons. The van der Waals surface area contributed by atoms with Crippen LogP contribution in [0.5, 0.6) is 0 Å².